The van der Waals surface area contributed by atoms with Crippen LogP contribution in [0.1, 0.15) is 17.1 Å². The smallest absolute Gasteiger partial charge is 0.228 e. The van der Waals surface area contributed by atoms with Gasteiger partial charge in [-0.1, -0.05) is 24.3 Å². The van der Waals surface area contributed by atoms with Crippen LogP contribution in [0, 0.1) is 6.92 Å². The Kier molecular flexibility index (Phi) is 3.72. The summed E-state index contributed by atoms with van der Waals surface area (Å²) >= 11 is 0. The second-order valence-corrected chi connectivity index (χ2v) is 6.35. The van der Waals surface area contributed by atoms with Crippen LogP contribution in [-0.2, 0) is 17.8 Å². The van der Waals surface area contributed by atoms with Crippen molar-refractivity contribution in [3.05, 3.63) is 59.5 Å². The number of aromatic nitrogens is 4. The Morgan fingerprint density at radius 2 is 2.00 bits per heavy atom. The Balaban J connectivity index is 1.49. The zero-order chi connectivity index (χ0) is 17.4. The van der Waals surface area contributed by atoms with Gasteiger partial charge in [-0.3, -0.25) is 9.89 Å². The molecule has 1 amide bonds. The van der Waals surface area contributed by atoms with Crippen LogP contribution in [0.2, 0.25) is 0 Å². The first-order valence-corrected chi connectivity index (χ1v) is 8.21. The summed E-state index contributed by atoms with van der Waals surface area (Å²) in [5.41, 5.74) is 4.81. The van der Waals surface area contributed by atoms with Gasteiger partial charge in [0.25, 0.3) is 0 Å². The van der Waals surface area contributed by atoms with Crippen molar-refractivity contribution in [2.75, 3.05) is 7.05 Å². The van der Waals surface area contributed by atoms with Crippen molar-refractivity contribution in [2.24, 2.45) is 0 Å². The van der Waals surface area contributed by atoms with Gasteiger partial charge in [0, 0.05) is 12.4 Å². The molecule has 0 saturated heterocycles. The number of para-hydroxylation sites is 1. The van der Waals surface area contributed by atoms with E-state index in [-0.39, 0.29) is 12.3 Å². The Morgan fingerprint density at radius 3 is 2.88 bits per heavy atom. The number of aromatic amines is 2. The molecule has 2 heterocycles. The maximum absolute atomic E-state index is 12.6. The largest absolute Gasteiger partial charge is 0.340 e. The molecule has 0 unspecified atom stereocenters. The van der Waals surface area contributed by atoms with Gasteiger partial charge in [0.15, 0.2) is 0 Å². The molecule has 6 heteroatoms. The van der Waals surface area contributed by atoms with Crippen molar-refractivity contribution in [1.29, 1.82) is 0 Å². The summed E-state index contributed by atoms with van der Waals surface area (Å²) in [4.78, 5) is 22.1. The minimum atomic E-state index is 0.0195. The lowest BCUT2D eigenvalue weighted by Gasteiger charge is -2.15. The van der Waals surface area contributed by atoms with Crippen LogP contribution in [0.4, 0.5) is 0 Å². The number of benzene rings is 2. The topological polar surface area (TPSA) is 77.7 Å². The van der Waals surface area contributed by atoms with Crippen LogP contribution in [0.15, 0.2) is 42.5 Å². The molecule has 0 bridgehead atoms. The lowest BCUT2D eigenvalue weighted by Crippen LogP contribution is -2.28. The van der Waals surface area contributed by atoms with Gasteiger partial charge in [-0.05, 0) is 30.7 Å². The maximum atomic E-state index is 12.6. The molecule has 0 atom stereocenters. The molecule has 2 aromatic heterocycles. The molecule has 0 radical (unpaired) electrons. The highest BCUT2D eigenvalue weighted by Gasteiger charge is 2.15. The number of fused-ring (bicyclic) bond motifs is 2. The Bertz CT molecular complexity index is 1060. The predicted molar refractivity (Wildman–Crippen MR) is 97.1 cm³/mol. The first kappa shape index (κ1) is 15.4. The Morgan fingerprint density at radius 1 is 1.16 bits per heavy atom. The molecule has 0 saturated carbocycles. The molecule has 4 rings (SSSR count). The van der Waals surface area contributed by atoms with Crippen molar-refractivity contribution in [3.8, 4) is 0 Å². The highest BCUT2D eigenvalue weighted by Crippen LogP contribution is 2.17. The van der Waals surface area contributed by atoms with E-state index in [1.54, 1.807) is 11.9 Å². The van der Waals surface area contributed by atoms with E-state index in [4.69, 9.17) is 0 Å². The number of imidazole rings is 1. The quantitative estimate of drug-likeness (QED) is 0.603. The summed E-state index contributed by atoms with van der Waals surface area (Å²) in [5, 5.41) is 8.20. The highest BCUT2D eigenvalue weighted by molar-refractivity contribution is 5.87. The van der Waals surface area contributed by atoms with Crippen molar-refractivity contribution >= 4 is 27.8 Å². The van der Waals surface area contributed by atoms with Gasteiger partial charge >= 0.3 is 0 Å². The fourth-order valence-electron chi connectivity index (χ4n) is 3.00. The van der Waals surface area contributed by atoms with Crippen LogP contribution in [0.3, 0.4) is 0 Å². The number of nitrogens with zero attached hydrogens (tertiary/aromatic N) is 3. The van der Waals surface area contributed by atoms with Gasteiger partial charge in [0.2, 0.25) is 5.91 Å². The number of carbonyl (C=O) groups excluding carboxylic acids is 1. The fourth-order valence-corrected chi connectivity index (χ4v) is 3.00. The number of nitrogens with one attached hydrogen (secondary N) is 2. The number of amides is 1. The van der Waals surface area contributed by atoms with Crippen molar-refractivity contribution in [2.45, 2.75) is 19.9 Å². The normalized spacial score (nSPS) is 11.3. The molecule has 0 aliphatic heterocycles. The third-order valence-electron chi connectivity index (χ3n) is 4.37. The van der Waals surface area contributed by atoms with Gasteiger partial charge in [0.1, 0.15) is 5.82 Å². The number of rotatable bonds is 4. The molecule has 0 spiro atoms. The summed E-state index contributed by atoms with van der Waals surface area (Å²) in [6.45, 7) is 2.49. The molecule has 4 aromatic rings. The predicted octanol–water partition coefficient (Wildman–Crippen LogP) is 2.95. The number of likely N-dealkylation sites (N-methyl/N-ethyl adjacent to an activating group) is 1. The van der Waals surface area contributed by atoms with Gasteiger partial charge in [-0.2, -0.15) is 5.10 Å². The van der Waals surface area contributed by atoms with E-state index in [0.29, 0.717) is 6.54 Å². The van der Waals surface area contributed by atoms with E-state index in [1.807, 2.05) is 43.3 Å². The van der Waals surface area contributed by atoms with E-state index >= 15 is 0 Å². The zero-order valence-electron chi connectivity index (χ0n) is 14.2. The van der Waals surface area contributed by atoms with Crippen molar-refractivity contribution < 1.29 is 4.79 Å². The zero-order valence-corrected chi connectivity index (χ0v) is 14.2. The number of H-pyrrole nitrogens is 2. The average molecular weight is 333 g/mol. The number of hydrogen-bond acceptors (Lipinski definition) is 3. The number of carbonyl (C=O) groups is 1. The lowest BCUT2D eigenvalue weighted by atomic mass is 10.1. The van der Waals surface area contributed by atoms with Gasteiger partial charge in [-0.15, -0.1) is 0 Å². The van der Waals surface area contributed by atoms with Crippen LogP contribution < -0.4 is 0 Å². The summed E-state index contributed by atoms with van der Waals surface area (Å²) in [5.74, 6) is 0.803. The molecule has 0 fully saturated rings. The average Bonchev–Trinajstić information content (AvgIpc) is 3.18. The highest BCUT2D eigenvalue weighted by atomic mass is 16.2. The van der Waals surface area contributed by atoms with Crippen molar-refractivity contribution in [1.82, 2.24) is 25.1 Å². The molecular formula is C19H19N5O. The van der Waals surface area contributed by atoms with E-state index < -0.39 is 0 Å². The first-order chi connectivity index (χ1) is 12.1. The molecular weight excluding hydrogens is 314 g/mol. The summed E-state index contributed by atoms with van der Waals surface area (Å²) in [7, 11) is 1.79. The van der Waals surface area contributed by atoms with Crippen molar-refractivity contribution in [3.63, 3.8) is 0 Å². The van der Waals surface area contributed by atoms with Gasteiger partial charge < -0.3 is 9.88 Å². The Labute approximate surface area is 144 Å². The monoisotopic (exact) mass is 333 g/mol. The second kappa shape index (κ2) is 6.05. The minimum absolute atomic E-state index is 0.0195. The third-order valence-corrected chi connectivity index (χ3v) is 4.37. The molecule has 2 N–H and O–H groups in total. The van der Waals surface area contributed by atoms with E-state index in [0.717, 1.165) is 33.5 Å². The molecule has 0 aliphatic carbocycles. The third kappa shape index (κ3) is 2.98. The van der Waals surface area contributed by atoms with Gasteiger partial charge in [-0.25, -0.2) is 4.98 Å². The summed E-state index contributed by atoms with van der Waals surface area (Å²) in [6.07, 6.45) is 0.288. The standard InChI is InChI=1S/C19H19N5O/c1-12-7-8-15-17(9-12)21-18(20-15)11-24(2)19(25)10-16-13-5-3-4-6-14(13)22-23-16/h3-9H,10-11H2,1-2H3,(H,20,21)(H,22,23). The summed E-state index contributed by atoms with van der Waals surface area (Å²) < 4.78 is 0. The van der Waals surface area contributed by atoms with E-state index in [2.05, 4.69) is 26.2 Å². The second-order valence-electron chi connectivity index (χ2n) is 6.35. The first-order valence-electron chi connectivity index (χ1n) is 8.21. The molecule has 6 nitrogen and oxygen atoms in total. The van der Waals surface area contributed by atoms with E-state index in [1.165, 1.54) is 5.56 Å². The molecule has 2 aromatic carbocycles. The van der Waals surface area contributed by atoms with Crippen LogP contribution in [0.25, 0.3) is 21.9 Å². The van der Waals surface area contributed by atoms with Crippen LogP contribution in [0.5, 0.6) is 0 Å². The minimum Gasteiger partial charge on any atom is -0.340 e. The van der Waals surface area contributed by atoms with Gasteiger partial charge in [0.05, 0.1) is 35.2 Å². The summed E-state index contributed by atoms with van der Waals surface area (Å²) in [6, 6.07) is 13.9. The molecule has 25 heavy (non-hydrogen) atoms. The number of aryl methyl sites for hydroxylation is 1. The fraction of sp³-hybridized carbons (Fsp3) is 0.211. The SMILES string of the molecule is Cc1ccc2nc(CN(C)C(=O)Cc3[nH]nc4ccccc34)[nH]c2c1. The Hall–Kier alpha value is -3.15. The van der Waals surface area contributed by atoms with E-state index in [9.17, 15) is 4.79 Å². The number of hydrogen-bond donors (Lipinski definition) is 2. The lowest BCUT2D eigenvalue weighted by molar-refractivity contribution is -0.129. The molecule has 126 valence electrons. The van der Waals surface area contributed by atoms with Crippen LogP contribution >= 0.6 is 0 Å². The van der Waals surface area contributed by atoms with Crippen LogP contribution in [-0.4, -0.2) is 38.0 Å². The molecule has 0 aliphatic rings. The maximum Gasteiger partial charge on any atom is 0.228 e.